The van der Waals surface area contributed by atoms with Gasteiger partial charge in [-0.15, -0.1) is 11.6 Å². The van der Waals surface area contributed by atoms with E-state index in [1.54, 1.807) is 13.4 Å². The van der Waals surface area contributed by atoms with Crippen molar-refractivity contribution < 1.29 is 4.74 Å². The van der Waals surface area contributed by atoms with Crippen LogP contribution in [0.2, 0.25) is 0 Å². The Kier molecular flexibility index (Phi) is 3.75. The number of methoxy groups -OCH3 is 1. The molecule has 0 radical (unpaired) electrons. The van der Waals surface area contributed by atoms with E-state index in [0.29, 0.717) is 17.2 Å². The van der Waals surface area contributed by atoms with Gasteiger partial charge in [0, 0.05) is 19.5 Å². The number of imidazole rings is 1. The van der Waals surface area contributed by atoms with Gasteiger partial charge in [0.1, 0.15) is 11.8 Å². The van der Waals surface area contributed by atoms with E-state index in [0.717, 1.165) is 18.6 Å². The van der Waals surface area contributed by atoms with Crippen LogP contribution in [0.3, 0.4) is 0 Å². The number of nitrogens with zero attached hydrogens (tertiary/aromatic N) is 4. The van der Waals surface area contributed by atoms with Gasteiger partial charge in [-0.2, -0.15) is 0 Å². The highest BCUT2D eigenvalue weighted by molar-refractivity contribution is 6.18. The maximum absolute atomic E-state index is 5.76. The number of ether oxygens (including phenoxy) is 1. The lowest BCUT2D eigenvalue weighted by molar-refractivity contribution is 0.110. The number of aromatic nitrogens is 4. The highest BCUT2D eigenvalue weighted by Crippen LogP contribution is 2.15. The Morgan fingerprint density at radius 2 is 2.29 bits per heavy atom. The molecule has 0 saturated carbocycles. The minimum Gasteiger partial charge on any atom is -0.382 e. The SMILES string of the molecule is COC(CCl)CCn1cnc2c(N)ncnc21. The van der Waals surface area contributed by atoms with Gasteiger partial charge in [0.25, 0.3) is 0 Å². The summed E-state index contributed by atoms with van der Waals surface area (Å²) in [5.41, 5.74) is 7.07. The zero-order valence-electron chi connectivity index (χ0n) is 9.51. The number of hydrogen-bond donors (Lipinski definition) is 1. The summed E-state index contributed by atoms with van der Waals surface area (Å²) in [6.45, 7) is 0.734. The summed E-state index contributed by atoms with van der Waals surface area (Å²) in [6, 6.07) is 0. The fraction of sp³-hybridized carbons (Fsp3) is 0.500. The lowest BCUT2D eigenvalue weighted by atomic mass is 10.3. The van der Waals surface area contributed by atoms with Gasteiger partial charge < -0.3 is 15.0 Å². The molecule has 2 heterocycles. The van der Waals surface area contributed by atoms with E-state index in [1.807, 2.05) is 4.57 Å². The van der Waals surface area contributed by atoms with E-state index in [9.17, 15) is 0 Å². The van der Waals surface area contributed by atoms with Crippen LogP contribution in [0.4, 0.5) is 5.82 Å². The third-order valence-corrected chi connectivity index (χ3v) is 2.97. The monoisotopic (exact) mass is 255 g/mol. The molecule has 7 heteroatoms. The lowest BCUT2D eigenvalue weighted by Gasteiger charge is -2.11. The first kappa shape index (κ1) is 12.1. The zero-order chi connectivity index (χ0) is 12.3. The summed E-state index contributed by atoms with van der Waals surface area (Å²) >= 11 is 5.76. The van der Waals surface area contributed by atoms with Crippen molar-refractivity contribution in [2.24, 2.45) is 0 Å². The Morgan fingerprint density at radius 3 is 3.00 bits per heavy atom. The van der Waals surface area contributed by atoms with Gasteiger partial charge in [0.2, 0.25) is 0 Å². The van der Waals surface area contributed by atoms with Crippen molar-refractivity contribution >= 4 is 28.6 Å². The van der Waals surface area contributed by atoms with E-state index >= 15 is 0 Å². The largest absolute Gasteiger partial charge is 0.382 e. The van der Waals surface area contributed by atoms with Gasteiger partial charge in [0.15, 0.2) is 11.5 Å². The van der Waals surface area contributed by atoms with E-state index in [4.69, 9.17) is 22.1 Å². The van der Waals surface area contributed by atoms with Crippen LogP contribution in [0, 0.1) is 0 Å². The Morgan fingerprint density at radius 1 is 1.47 bits per heavy atom. The van der Waals surface area contributed by atoms with Crippen LogP contribution in [-0.2, 0) is 11.3 Å². The molecule has 2 aromatic heterocycles. The quantitative estimate of drug-likeness (QED) is 0.808. The zero-order valence-corrected chi connectivity index (χ0v) is 10.3. The minimum absolute atomic E-state index is 0.0355. The summed E-state index contributed by atoms with van der Waals surface area (Å²) in [7, 11) is 1.65. The van der Waals surface area contributed by atoms with E-state index in [-0.39, 0.29) is 6.10 Å². The van der Waals surface area contributed by atoms with Crippen LogP contribution in [0.1, 0.15) is 6.42 Å². The summed E-state index contributed by atoms with van der Waals surface area (Å²) < 4.78 is 7.13. The number of aryl methyl sites for hydroxylation is 1. The first-order chi connectivity index (χ1) is 8.26. The number of anilines is 1. The Labute approximate surface area is 104 Å². The fourth-order valence-corrected chi connectivity index (χ4v) is 1.88. The molecule has 2 rings (SSSR count). The second kappa shape index (κ2) is 5.29. The maximum Gasteiger partial charge on any atom is 0.165 e. The number of fused-ring (bicyclic) bond motifs is 1. The maximum atomic E-state index is 5.76. The molecule has 1 atom stereocenters. The van der Waals surface area contributed by atoms with Gasteiger partial charge in [-0.25, -0.2) is 15.0 Å². The first-order valence-electron chi connectivity index (χ1n) is 5.26. The molecular weight excluding hydrogens is 242 g/mol. The molecule has 0 aliphatic heterocycles. The summed E-state index contributed by atoms with van der Waals surface area (Å²) in [6.07, 6.45) is 3.98. The molecule has 1 unspecified atom stereocenters. The number of alkyl halides is 1. The molecule has 0 bridgehead atoms. The number of nitrogens with two attached hydrogens (primary N) is 1. The highest BCUT2D eigenvalue weighted by Gasteiger charge is 2.10. The van der Waals surface area contributed by atoms with Crippen LogP contribution in [0.15, 0.2) is 12.7 Å². The standard InChI is InChI=1S/C10H14ClN5O/c1-17-7(4-11)2-3-16-6-15-8-9(12)13-5-14-10(8)16/h5-7H,2-4H2,1H3,(H2,12,13,14). The van der Waals surface area contributed by atoms with Crippen molar-refractivity contribution in [1.29, 1.82) is 0 Å². The molecule has 2 aromatic rings. The number of hydrogen-bond acceptors (Lipinski definition) is 5. The van der Waals surface area contributed by atoms with Crippen LogP contribution in [0.5, 0.6) is 0 Å². The number of halogens is 1. The van der Waals surface area contributed by atoms with Gasteiger partial charge in [-0.05, 0) is 6.42 Å². The molecule has 6 nitrogen and oxygen atoms in total. The number of nitrogen functional groups attached to an aromatic ring is 1. The van der Waals surface area contributed by atoms with Crippen LogP contribution in [-0.4, -0.2) is 38.6 Å². The third kappa shape index (κ3) is 2.48. The molecule has 2 N–H and O–H groups in total. The van der Waals surface area contributed by atoms with Crippen LogP contribution in [0.25, 0.3) is 11.2 Å². The minimum atomic E-state index is 0.0355. The molecule has 0 aromatic carbocycles. The topological polar surface area (TPSA) is 78.9 Å². The van der Waals surface area contributed by atoms with Crippen molar-refractivity contribution in [1.82, 2.24) is 19.5 Å². The molecular formula is C10H14ClN5O. The van der Waals surface area contributed by atoms with Gasteiger partial charge >= 0.3 is 0 Å². The molecule has 0 fully saturated rings. The average molecular weight is 256 g/mol. The summed E-state index contributed by atoms with van der Waals surface area (Å²) in [5, 5.41) is 0. The smallest absolute Gasteiger partial charge is 0.165 e. The van der Waals surface area contributed by atoms with Crippen LogP contribution >= 0.6 is 11.6 Å². The molecule has 0 spiro atoms. The van der Waals surface area contributed by atoms with Crippen molar-refractivity contribution in [2.75, 3.05) is 18.7 Å². The summed E-state index contributed by atoms with van der Waals surface area (Å²) in [5.74, 6) is 0.870. The molecule has 17 heavy (non-hydrogen) atoms. The Bertz CT molecular complexity index is 496. The normalized spacial score (nSPS) is 13.1. The highest BCUT2D eigenvalue weighted by atomic mass is 35.5. The second-order valence-electron chi connectivity index (χ2n) is 3.67. The van der Waals surface area contributed by atoms with Gasteiger partial charge in [-0.1, -0.05) is 0 Å². The molecule has 0 amide bonds. The van der Waals surface area contributed by atoms with E-state index in [1.165, 1.54) is 6.33 Å². The van der Waals surface area contributed by atoms with Gasteiger partial charge in [0.05, 0.1) is 12.4 Å². The molecule has 0 aliphatic carbocycles. The second-order valence-corrected chi connectivity index (χ2v) is 3.98. The Hall–Kier alpha value is -1.40. The lowest BCUT2D eigenvalue weighted by Crippen LogP contribution is -2.15. The molecule has 92 valence electrons. The van der Waals surface area contributed by atoms with Crippen molar-refractivity contribution in [3.63, 3.8) is 0 Å². The predicted octanol–water partition coefficient (Wildman–Crippen LogP) is 1.05. The molecule has 0 aliphatic rings. The fourth-order valence-electron chi connectivity index (χ4n) is 1.60. The third-order valence-electron chi connectivity index (χ3n) is 2.63. The van der Waals surface area contributed by atoms with Crippen molar-refractivity contribution in [3.8, 4) is 0 Å². The predicted molar refractivity (Wildman–Crippen MR) is 65.9 cm³/mol. The molecule has 0 saturated heterocycles. The van der Waals surface area contributed by atoms with Crippen molar-refractivity contribution in [2.45, 2.75) is 19.1 Å². The van der Waals surface area contributed by atoms with Crippen LogP contribution < -0.4 is 5.73 Å². The Balaban J connectivity index is 2.17. The number of rotatable bonds is 5. The van der Waals surface area contributed by atoms with E-state index in [2.05, 4.69) is 15.0 Å². The van der Waals surface area contributed by atoms with Gasteiger partial charge in [-0.3, -0.25) is 0 Å². The van der Waals surface area contributed by atoms with Crippen molar-refractivity contribution in [3.05, 3.63) is 12.7 Å². The average Bonchev–Trinajstić information content (AvgIpc) is 2.75. The summed E-state index contributed by atoms with van der Waals surface area (Å²) in [4.78, 5) is 12.2. The first-order valence-corrected chi connectivity index (χ1v) is 5.79. The van der Waals surface area contributed by atoms with E-state index < -0.39 is 0 Å².